The quantitative estimate of drug-likeness (QED) is 0.473. The molecule has 23 heavy (non-hydrogen) atoms. The van der Waals surface area contributed by atoms with E-state index in [1.807, 2.05) is 6.92 Å². The van der Waals surface area contributed by atoms with Gasteiger partial charge in [-0.1, -0.05) is 27.7 Å². The van der Waals surface area contributed by atoms with Gasteiger partial charge in [0.1, 0.15) is 6.54 Å². The summed E-state index contributed by atoms with van der Waals surface area (Å²) in [5.41, 5.74) is 0. The van der Waals surface area contributed by atoms with Crippen molar-refractivity contribution in [2.45, 2.75) is 47.1 Å². The largest absolute Gasteiger partial charge is 0.378 e. The molecule has 2 N–H and O–H groups in total. The third-order valence-corrected chi connectivity index (χ3v) is 3.39. The van der Waals surface area contributed by atoms with Crippen LogP contribution in [0.15, 0.2) is 4.99 Å². The maximum Gasteiger partial charge on any atom is 0.243 e. The molecule has 136 valence electrons. The molecule has 0 rings (SSSR count). The minimum atomic E-state index is -0.00924. The summed E-state index contributed by atoms with van der Waals surface area (Å²) in [5, 5.41) is 6.58. The summed E-state index contributed by atoms with van der Waals surface area (Å²) in [4.78, 5) is 17.6. The van der Waals surface area contributed by atoms with Crippen molar-refractivity contribution in [1.82, 2.24) is 15.5 Å². The number of ether oxygens (including phenoxy) is 1. The van der Waals surface area contributed by atoms with Crippen molar-refractivity contribution in [2.24, 2.45) is 16.8 Å². The van der Waals surface area contributed by atoms with Gasteiger partial charge in [-0.3, -0.25) is 4.79 Å². The van der Waals surface area contributed by atoms with Crippen LogP contribution in [-0.2, 0) is 9.53 Å². The Hall–Kier alpha value is -1.30. The van der Waals surface area contributed by atoms with Gasteiger partial charge in [-0.2, -0.15) is 0 Å². The maximum atomic E-state index is 11.7. The Kier molecular flexibility index (Phi) is 11.5. The van der Waals surface area contributed by atoms with Crippen LogP contribution in [0, 0.1) is 11.8 Å². The molecule has 6 nitrogen and oxygen atoms in total. The molecule has 1 amide bonds. The lowest BCUT2D eigenvalue weighted by Gasteiger charge is -2.22. The topological polar surface area (TPSA) is 66.0 Å². The lowest BCUT2D eigenvalue weighted by atomic mass is 10.0. The van der Waals surface area contributed by atoms with E-state index >= 15 is 0 Å². The average molecular weight is 329 g/mol. The average Bonchev–Trinajstić information content (AvgIpc) is 2.47. The zero-order valence-corrected chi connectivity index (χ0v) is 16.0. The molecule has 0 aliphatic heterocycles. The zero-order valence-electron chi connectivity index (χ0n) is 16.0. The van der Waals surface area contributed by atoms with Gasteiger partial charge in [0, 0.05) is 33.8 Å². The smallest absolute Gasteiger partial charge is 0.243 e. The van der Waals surface area contributed by atoms with Gasteiger partial charge in [0.05, 0.1) is 6.10 Å². The van der Waals surface area contributed by atoms with Crippen molar-refractivity contribution in [3.8, 4) is 0 Å². The fourth-order valence-corrected chi connectivity index (χ4v) is 1.92. The van der Waals surface area contributed by atoms with E-state index in [-0.39, 0.29) is 18.6 Å². The van der Waals surface area contributed by atoms with E-state index in [1.54, 1.807) is 19.0 Å². The molecule has 0 aliphatic rings. The van der Waals surface area contributed by atoms with E-state index < -0.39 is 0 Å². The molecular weight excluding hydrogens is 292 g/mol. The fourth-order valence-electron chi connectivity index (χ4n) is 1.92. The number of aliphatic imine (C=N–C) groups is 1. The first-order valence-electron chi connectivity index (χ1n) is 8.61. The second-order valence-corrected chi connectivity index (χ2v) is 6.68. The summed E-state index contributed by atoms with van der Waals surface area (Å²) in [6, 6.07) is 0. The van der Waals surface area contributed by atoms with Gasteiger partial charge >= 0.3 is 0 Å². The number of nitrogens with one attached hydrogen (secondary N) is 2. The van der Waals surface area contributed by atoms with Crippen LogP contribution in [-0.4, -0.2) is 63.2 Å². The van der Waals surface area contributed by atoms with Gasteiger partial charge < -0.3 is 20.3 Å². The van der Waals surface area contributed by atoms with Crippen LogP contribution in [0.25, 0.3) is 0 Å². The van der Waals surface area contributed by atoms with Crippen molar-refractivity contribution in [3.05, 3.63) is 0 Å². The Morgan fingerprint density at radius 3 is 2.30 bits per heavy atom. The third-order valence-electron chi connectivity index (χ3n) is 3.39. The number of carbonyl (C=O) groups excluding carboxylic acids is 1. The molecule has 0 aromatic heterocycles. The van der Waals surface area contributed by atoms with Crippen LogP contribution in [0.4, 0.5) is 0 Å². The van der Waals surface area contributed by atoms with Crippen molar-refractivity contribution in [2.75, 3.05) is 40.3 Å². The summed E-state index contributed by atoms with van der Waals surface area (Å²) in [7, 11) is 3.48. The van der Waals surface area contributed by atoms with E-state index in [0.717, 1.165) is 26.1 Å². The second kappa shape index (κ2) is 12.2. The van der Waals surface area contributed by atoms with Crippen LogP contribution < -0.4 is 10.6 Å². The maximum absolute atomic E-state index is 11.7. The highest BCUT2D eigenvalue weighted by Crippen LogP contribution is 2.09. The Morgan fingerprint density at radius 1 is 1.17 bits per heavy atom. The van der Waals surface area contributed by atoms with E-state index in [0.29, 0.717) is 17.8 Å². The highest BCUT2D eigenvalue weighted by Gasteiger charge is 2.13. The number of guanidine groups is 1. The molecule has 0 aromatic carbocycles. The molecule has 0 saturated heterocycles. The molecule has 0 radical (unpaired) electrons. The molecule has 0 spiro atoms. The minimum Gasteiger partial charge on any atom is -0.378 e. The van der Waals surface area contributed by atoms with Crippen molar-refractivity contribution < 1.29 is 9.53 Å². The van der Waals surface area contributed by atoms with E-state index in [1.165, 1.54) is 0 Å². The summed E-state index contributed by atoms with van der Waals surface area (Å²) in [6.45, 7) is 13.1. The number of rotatable bonds is 10. The highest BCUT2D eigenvalue weighted by molar-refractivity contribution is 5.84. The van der Waals surface area contributed by atoms with E-state index in [9.17, 15) is 4.79 Å². The highest BCUT2D eigenvalue weighted by atomic mass is 16.5. The van der Waals surface area contributed by atoms with Crippen molar-refractivity contribution in [1.29, 1.82) is 0 Å². The number of hydrogen-bond acceptors (Lipinski definition) is 3. The molecule has 6 heteroatoms. The molecule has 0 fully saturated rings. The van der Waals surface area contributed by atoms with Crippen molar-refractivity contribution in [3.63, 3.8) is 0 Å². The third kappa shape index (κ3) is 11.0. The van der Waals surface area contributed by atoms with Gasteiger partial charge in [0.25, 0.3) is 0 Å². The number of hydrogen-bond donors (Lipinski definition) is 2. The van der Waals surface area contributed by atoms with Crippen LogP contribution >= 0.6 is 0 Å². The van der Waals surface area contributed by atoms with E-state index in [4.69, 9.17) is 4.74 Å². The summed E-state index contributed by atoms with van der Waals surface area (Å²) in [6.07, 6.45) is 1.15. The molecule has 0 saturated carbocycles. The SMILES string of the molecule is CCOC(CCNC(=NCC(=O)N(C)C)NCC(C)C)C(C)C. The standard InChI is InChI=1S/C17H36N4O2/c1-8-23-15(14(4)5)9-10-18-17(19-11-13(2)3)20-12-16(22)21(6)7/h13-15H,8-12H2,1-7H3,(H2,18,19,20). The number of carbonyl (C=O) groups is 1. The summed E-state index contributed by atoms with van der Waals surface area (Å²) < 4.78 is 5.75. The summed E-state index contributed by atoms with van der Waals surface area (Å²) in [5.74, 6) is 1.67. The molecule has 0 bridgehead atoms. The zero-order chi connectivity index (χ0) is 17.8. The first kappa shape index (κ1) is 21.7. The first-order valence-corrected chi connectivity index (χ1v) is 8.61. The van der Waals surface area contributed by atoms with Gasteiger partial charge in [0.2, 0.25) is 5.91 Å². The molecule has 0 aromatic rings. The fraction of sp³-hybridized carbons (Fsp3) is 0.882. The molecule has 1 atom stereocenters. The van der Waals surface area contributed by atoms with Gasteiger partial charge in [-0.25, -0.2) is 4.99 Å². The van der Waals surface area contributed by atoms with Crippen LogP contribution in [0.3, 0.4) is 0 Å². The Morgan fingerprint density at radius 2 is 1.83 bits per heavy atom. The number of amides is 1. The first-order chi connectivity index (χ1) is 10.8. The Balaban J connectivity index is 4.50. The number of likely N-dealkylation sites (N-methyl/N-ethyl adjacent to an activating group) is 1. The molecular formula is C17H36N4O2. The predicted molar refractivity (Wildman–Crippen MR) is 96.7 cm³/mol. The van der Waals surface area contributed by atoms with Crippen LogP contribution in [0.1, 0.15) is 41.0 Å². The van der Waals surface area contributed by atoms with Gasteiger partial charge in [0.15, 0.2) is 5.96 Å². The van der Waals surface area contributed by atoms with Crippen LogP contribution in [0.5, 0.6) is 0 Å². The minimum absolute atomic E-state index is 0.00924. The van der Waals surface area contributed by atoms with Gasteiger partial charge in [-0.15, -0.1) is 0 Å². The van der Waals surface area contributed by atoms with Crippen LogP contribution in [0.2, 0.25) is 0 Å². The predicted octanol–water partition coefficient (Wildman–Crippen LogP) is 1.72. The Bertz CT molecular complexity index is 355. The Labute approximate surface area is 142 Å². The lowest BCUT2D eigenvalue weighted by molar-refractivity contribution is -0.127. The molecule has 0 aliphatic carbocycles. The monoisotopic (exact) mass is 328 g/mol. The normalized spacial score (nSPS) is 13.3. The molecule has 1 unspecified atom stereocenters. The van der Waals surface area contributed by atoms with Crippen molar-refractivity contribution >= 4 is 11.9 Å². The summed E-state index contributed by atoms with van der Waals surface area (Å²) >= 11 is 0. The lowest BCUT2D eigenvalue weighted by Crippen LogP contribution is -2.41. The number of nitrogens with zero attached hydrogens (tertiary/aromatic N) is 2. The molecule has 0 heterocycles. The van der Waals surface area contributed by atoms with Gasteiger partial charge in [-0.05, 0) is 25.2 Å². The van der Waals surface area contributed by atoms with E-state index in [2.05, 4.69) is 43.3 Å². The second-order valence-electron chi connectivity index (χ2n) is 6.68.